The molecule has 3 nitrogen and oxygen atoms in total. The Morgan fingerprint density at radius 3 is 2.83 bits per heavy atom. The highest BCUT2D eigenvalue weighted by Gasteiger charge is 2.05. The molecule has 2 rings (SSSR count). The molecule has 0 fully saturated rings. The lowest BCUT2D eigenvalue weighted by molar-refractivity contribution is 0.298. The number of halogens is 2. The predicted octanol–water partition coefficient (Wildman–Crippen LogP) is 3.43. The van der Waals surface area contributed by atoms with E-state index in [9.17, 15) is 4.39 Å². The third-order valence-corrected chi connectivity index (χ3v) is 2.74. The summed E-state index contributed by atoms with van der Waals surface area (Å²) in [4.78, 5) is 3.99. The zero-order valence-electron chi connectivity index (χ0n) is 9.23. The van der Waals surface area contributed by atoms with Crippen molar-refractivity contribution in [3.05, 3.63) is 58.1 Å². The maximum absolute atomic E-state index is 13.5. The van der Waals surface area contributed by atoms with Gasteiger partial charge in [-0.2, -0.15) is 5.26 Å². The van der Waals surface area contributed by atoms with Gasteiger partial charge in [-0.05, 0) is 46.3 Å². The molecular weight excluding hydrogens is 299 g/mol. The summed E-state index contributed by atoms with van der Waals surface area (Å²) in [6.45, 7) is 0.0602. The van der Waals surface area contributed by atoms with Gasteiger partial charge in [0.25, 0.3) is 0 Å². The molecule has 0 bridgehead atoms. The summed E-state index contributed by atoms with van der Waals surface area (Å²) in [7, 11) is 0. The van der Waals surface area contributed by atoms with E-state index >= 15 is 0 Å². The van der Waals surface area contributed by atoms with Crippen molar-refractivity contribution in [2.75, 3.05) is 0 Å². The molecular formula is C13H8BrFN2O. The van der Waals surface area contributed by atoms with E-state index in [4.69, 9.17) is 10.00 Å². The Hall–Kier alpha value is -1.93. The van der Waals surface area contributed by atoms with Gasteiger partial charge in [0.15, 0.2) is 0 Å². The fraction of sp³-hybridized carbons (Fsp3) is 0.0769. The van der Waals surface area contributed by atoms with Crippen molar-refractivity contribution >= 4 is 15.9 Å². The molecule has 18 heavy (non-hydrogen) atoms. The summed E-state index contributed by atoms with van der Waals surface area (Å²) in [5.74, 6) is 0.152. The zero-order valence-corrected chi connectivity index (χ0v) is 10.8. The molecule has 0 aliphatic carbocycles. The van der Waals surface area contributed by atoms with Gasteiger partial charge in [0.05, 0.1) is 17.8 Å². The Bertz CT molecular complexity index is 593. The van der Waals surface area contributed by atoms with Crippen molar-refractivity contribution in [2.45, 2.75) is 6.61 Å². The van der Waals surface area contributed by atoms with E-state index in [1.807, 2.05) is 6.07 Å². The smallest absolute Gasteiger partial charge is 0.138 e. The molecule has 0 atom stereocenters. The van der Waals surface area contributed by atoms with Gasteiger partial charge in [-0.15, -0.1) is 0 Å². The van der Waals surface area contributed by atoms with Crippen molar-refractivity contribution in [1.82, 2.24) is 4.98 Å². The van der Waals surface area contributed by atoms with Crippen LogP contribution in [-0.2, 0) is 6.61 Å². The Kier molecular flexibility index (Phi) is 3.90. The van der Waals surface area contributed by atoms with Gasteiger partial charge in [0.1, 0.15) is 22.8 Å². The standard InChI is InChI=1S/C13H8BrFN2O/c14-13-4-2-11(7-17-13)18-8-10-5-9(6-16)1-3-12(10)15/h1-5,7H,8H2. The summed E-state index contributed by atoms with van der Waals surface area (Å²) >= 11 is 3.21. The third kappa shape index (κ3) is 3.05. The molecule has 1 aromatic heterocycles. The van der Waals surface area contributed by atoms with Gasteiger partial charge in [0, 0.05) is 5.56 Å². The van der Waals surface area contributed by atoms with Crippen molar-refractivity contribution in [1.29, 1.82) is 5.26 Å². The number of hydrogen-bond donors (Lipinski definition) is 0. The molecule has 0 aliphatic heterocycles. The first kappa shape index (κ1) is 12.5. The summed E-state index contributed by atoms with van der Waals surface area (Å²) in [6.07, 6.45) is 1.54. The van der Waals surface area contributed by atoms with Crippen molar-refractivity contribution in [3.63, 3.8) is 0 Å². The van der Waals surface area contributed by atoms with E-state index < -0.39 is 0 Å². The van der Waals surface area contributed by atoms with E-state index in [0.717, 1.165) is 0 Å². The van der Waals surface area contributed by atoms with E-state index in [0.29, 0.717) is 21.5 Å². The summed E-state index contributed by atoms with van der Waals surface area (Å²) in [5.41, 5.74) is 0.751. The van der Waals surface area contributed by atoms with E-state index in [-0.39, 0.29) is 12.4 Å². The van der Waals surface area contributed by atoms with E-state index in [1.165, 1.54) is 24.4 Å². The Balaban J connectivity index is 2.10. The minimum atomic E-state index is -0.390. The Labute approximate surface area is 112 Å². The van der Waals surface area contributed by atoms with Crippen LogP contribution in [0.1, 0.15) is 11.1 Å². The van der Waals surface area contributed by atoms with Gasteiger partial charge in [0.2, 0.25) is 0 Å². The lowest BCUT2D eigenvalue weighted by Gasteiger charge is -2.07. The SMILES string of the molecule is N#Cc1ccc(F)c(COc2ccc(Br)nc2)c1. The number of rotatable bonds is 3. The van der Waals surface area contributed by atoms with Crippen LogP contribution >= 0.6 is 15.9 Å². The van der Waals surface area contributed by atoms with Crippen LogP contribution in [0, 0.1) is 17.1 Å². The minimum absolute atomic E-state index is 0.0602. The van der Waals surface area contributed by atoms with Crippen molar-refractivity contribution in [3.8, 4) is 11.8 Å². The quantitative estimate of drug-likeness (QED) is 0.816. The van der Waals surface area contributed by atoms with E-state index in [1.54, 1.807) is 12.1 Å². The van der Waals surface area contributed by atoms with Crippen LogP contribution in [-0.4, -0.2) is 4.98 Å². The fourth-order valence-electron chi connectivity index (χ4n) is 1.36. The highest BCUT2D eigenvalue weighted by atomic mass is 79.9. The number of ether oxygens (including phenoxy) is 1. The van der Waals surface area contributed by atoms with Crippen LogP contribution in [0.15, 0.2) is 41.1 Å². The third-order valence-electron chi connectivity index (χ3n) is 2.27. The molecule has 0 unspecified atom stereocenters. The number of nitriles is 1. The molecule has 5 heteroatoms. The highest BCUT2D eigenvalue weighted by molar-refractivity contribution is 9.10. The first-order chi connectivity index (χ1) is 8.69. The Morgan fingerprint density at radius 1 is 1.33 bits per heavy atom. The van der Waals surface area contributed by atoms with Crippen LogP contribution in [0.25, 0.3) is 0 Å². The molecule has 0 aliphatic rings. The van der Waals surface area contributed by atoms with Crippen molar-refractivity contribution in [2.24, 2.45) is 0 Å². The number of aromatic nitrogens is 1. The molecule has 0 radical (unpaired) electrons. The monoisotopic (exact) mass is 306 g/mol. The number of pyridine rings is 1. The Morgan fingerprint density at radius 2 is 2.17 bits per heavy atom. The average Bonchev–Trinajstić information content (AvgIpc) is 2.40. The number of benzene rings is 1. The second-order valence-electron chi connectivity index (χ2n) is 3.52. The molecule has 0 amide bonds. The number of hydrogen-bond acceptors (Lipinski definition) is 3. The van der Waals surface area contributed by atoms with Gasteiger partial charge < -0.3 is 4.74 Å². The summed E-state index contributed by atoms with van der Waals surface area (Å²) < 4.78 is 19.6. The maximum Gasteiger partial charge on any atom is 0.138 e. The lowest BCUT2D eigenvalue weighted by atomic mass is 10.1. The molecule has 0 saturated heterocycles. The van der Waals surface area contributed by atoms with Crippen molar-refractivity contribution < 1.29 is 9.13 Å². The van der Waals surface area contributed by atoms with Gasteiger partial charge >= 0.3 is 0 Å². The van der Waals surface area contributed by atoms with Crippen LogP contribution in [0.2, 0.25) is 0 Å². The largest absolute Gasteiger partial charge is 0.487 e. The van der Waals surface area contributed by atoms with Crippen LogP contribution in [0.5, 0.6) is 5.75 Å². The minimum Gasteiger partial charge on any atom is -0.487 e. The van der Waals surface area contributed by atoms with Crippen LogP contribution in [0.4, 0.5) is 4.39 Å². The molecule has 90 valence electrons. The fourth-order valence-corrected chi connectivity index (χ4v) is 1.60. The maximum atomic E-state index is 13.5. The highest BCUT2D eigenvalue weighted by Crippen LogP contribution is 2.16. The first-order valence-corrected chi connectivity index (χ1v) is 5.91. The van der Waals surface area contributed by atoms with Crippen LogP contribution in [0.3, 0.4) is 0 Å². The second kappa shape index (κ2) is 5.61. The van der Waals surface area contributed by atoms with E-state index in [2.05, 4.69) is 20.9 Å². The molecule has 0 saturated carbocycles. The average molecular weight is 307 g/mol. The lowest BCUT2D eigenvalue weighted by Crippen LogP contribution is -1.99. The van der Waals surface area contributed by atoms with Gasteiger partial charge in [-0.3, -0.25) is 0 Å². The van der Waals surface area contributed by atoms with Crippen LogP contribution < -0.4 is 4.74 Å². The summed E-state index contributed by atoms with van der Waals surface area (Å²) in [6, 6.07) is 9.58. The molecule has 1 aromatic carbocycles. The number of nitrogens with zero attached hydrogens (tertiary/aromatic N) is 2. The van der Waals surface area contributed by atoms with Gasteiger partial charge in [-0.25, -0.2) is 9.37 Å². The topological polar surface area (TPSA) is 45.9 Å². The molecule has 1 heterocycles. The first-order valence-electron chi connectivity index (χ1n) is 5.12. The van der Waals surface area contributed by atoms with Gasteiger partial charge in [-0.1, -0.05) is 0 Å². The molecule has 2 aromatic rings. The summed E-state index contributed by atoms with van der Waals surface area (Å²) in [5, 5.41) is 8.74. The normalized spacial score (nSPS) is 9.83. The second-order valence-corrected chi connectivity index (χ2v) is 4.34. The zero-order chi connectivity index (χ0) is 13.0. The molecule has 0 N–H and O–H groups in total. The predicted molar refractivity (Wildman–Crippen MR) is 67.4 cm³/mol. The molecule has 0 spiro atoms.